The molecule has 98 valence electrons. The summed E-state index contributed by atoms with van der Waals surface area (Å²) in [6.07, 6.45) is 0.883. The number of nitriles is 1. The van der Waals surface area contributed by atoms with Gasteiger partial charge in [-0.1, -0.05) is 37.3 Å². The Labute approximate surface area is 117 Å². The molecule has 0 saturated carbocycles. The molecule has 0 unspecified atom stereocenters. The first-order valence-electron chi connectivity index (χ1n) is 6.25. The number of benzene rings is 1. The molecule has 5 heteroatoms. The first kappa shape index (κ1) is 13.7. The zero-order valence-electron chi connectivity index (χ0n) is 11.1. The Bertz CT molecular complexity index is 583. The van der Waals surface area contributed by atoms with Gasteiger partial charge in [0.15, 0.2) is 0 Å². The van der Waals surface area contributed by atoms with Crippen molar-refractivity contribution in [1.82, 2.24) is 15.5 Å². The van der Waals surface area contributed by atoms with Crippen LogP contribution in [0.3, 0.4) is 0 Å². The maximum absolute atomic E-state index is 8.89. The highest BCUT2D eigenvalue weighted by molar-refractivity contribution is 7.14. The van der Waals surface area contributed by atoms with E-state index in [1.165, 1.54) is 0 Å². The van der Waals surface area contributed by atoms with Crippen LogP contribution < -0.4 is 5.32 Å². The third-order valence-electron chi connectivity index (χ3n) is 2.60. The van der Waals surface area contributed by atoms with E-state index in [4.69, 9.17) is 5.26 Å². The fourth-order valence-corrected chi connectivity index (χ4v) is 2.50. The van der Waals surface area contributed by atoms with E-state index in [9.17, 15) is 0 Å². The van der Waals surface area contributed by atoms with Crippen molar-refractivity contribution in [3.63, 3.8) is 0 Å². The van der Waals surface area contributed by atoms with Gasteiger partial charge in [-0.15, -0.1) is 10.2 Å². The quantitative estimate of drug-likeness (QED) is 0.909. The van der Waals surface area contributed by atoms with Crippen LogP contribution in [-0.4, -0.2) is 22.8 Å². The van der Waals surface area contributed by atoms with Gasteiger partial charge in [-0.2, -0.15) is 5.26 Å². The molecule has 1 heterocycles. The molecule has 4 nitrogen and oxygen atoms in total. The Morgan fingerprint density at radius 2 is 2.21 bits per heavy atom. The number of hydrogen-bond donors (Lipinski definition) is 1. The summed E-state index contributed by atoms with van der Waals surface area (Å²) in [6.45, 7) is 5.16. The molecule has 0 bridgehead atoms. The summed E-state index contributed by atoms with van der Waals surface area (Å²) in [5.74, 6) is 0. The van der Waals surface area contributed by atoms with Gasteiger partial charge in [-0.25, -0.2) is 0 Å². The summed E-state index contributed by atoms with van der Waals surface area (Å²) in [4.78, 5) is 0. The summed E-state index contributed by atoms with van der Waals surface area (Å²) >= 11 is 1.59. The molecule has 19 heavy (non-hydrogen) atoms. The fraction of sp³-hybridized carbons (Fsp3) is 0.357. The highest BCUT2D eigenvalue weighted by Gasteiger charge is 2.07. The molecule has 1 N–H and O–H groups in total. The summed E-state index contributed by atoms with van der Waals surface area (Å²) in [6, 6.07) is 10.1. The number of rotatable bonds is 5. The van der Waals surface area contributed by atoms with Crippen molar-refractivity contribution in [1.29, 1.82) is 5.26 Å². The van der Waals surface area contributed by atoms with Crippen molar-refractivity contribution in [2.24, 2.45) is 0 Å². The number of nitrogens with zero attached hydrogens (tertiary/aromatic N) is 3. The second-order valence-corrected chi connectivity index (χ2v) is 5.61. The smallest absolute Gasteiger partial charge is 0.147 e. The molecule has 1 aromatic carbocycles. The lowest BCUT2D eigenvalue weighted by atomic mass is 10.1. The molecule has 0 aliphatic rings. The van der Waals surface area contributed by atoms with E-state index in [0.717, 1.165) is 28.5 Å². The molecule has 0 amide bonds. The van der Waals surface area contributed by atoms with Crippen molar-refractivity contribution < 1.29 is 0 Å². The van der Waals surface area contributed by atoms with Gasteiger partial charge >= 0.3 is 0 Å². The van der Waals surface area contributed by atoms with Gasteiger partial charge in [0.2, 0.25) is 0 Å². The van der Waals surface area contributed by atoms with E-state index >= 15 is 0 Å². The van der Waals surface area contributed by atoms with E-state index in [1.54, 1.807) is 17.4 Å². The molecule has 0 atom stereocenters. The van der Waals surface area contributed by atoms with Crippen LogP contribution in [0.4, 0.5) is 0 Å². The highest BCUT2D eigenvalue weighted by Crippen LogP contribution is 2.24. The average molecular weight is 272 g/mol. The maximum Gasteiger partial charge on any atom is 0.147 e. The highest BCUT2D eigenvalue weighted by atomic mass is 32.1. The average Bonchev–Trinajstić information content (AvgIpc) is 2.87. The topological polar surface area (TPSA) is 61.6 Å². The van der Waals surface area contributed by atoms with Crippen molar-refractivity contribution in [3.8, 4) is 16.6 Å². The second kappa shape index (κ2) is 6.41. The molecular formula is C14H16N4S. The Morgan fingerprint density at radius 1 is 1.37 bits per heavy atom. The summed E-state index contributed by atoms with van der Waals surface area (Å²) < 4.78 is 0. The first-order chi connectivity index (χ1) is 9.19. The van der Waals surface area contributed by atoms with Gasteiger partial charge in [0.05, 0.1) is 11.6 Å². The van der Waals surface area contributed by atoms with Crippen molar-refractivity contribution in [3.05, 3.63) is 34.8 Å². The number of aromatic nitrogens is 2. The van der Waals surface area contributed by atoms with Crippen LogP contribution in [0.5, 0.6) is 0 Å². The van der Waals surface area contributed by atoms with Gasteiger partial charge in [0.25, 0.3) is 0 Å². The first-order valence-corrected chi connectivity index (χ1v) is 7.07. The molecule has 1 aromatic heterocycles. The SMILES string of the molecule is CC(C)NCCc1nnc(-c2cccc(C#N)c2)s1. The molecule has 0 fully saturated rings. The van der Waals surface area contributed by atoms with Crippen LogP contribution in [0.2, 0.25) is 0 Å². The lowest BCUT2D eigenvalue weighted by Crippen LogP contribution is -2.24. The third kappa shape index (κ3) is 3.85. The minimum atomic E-state index is 0.486. The number of nitrogens with one attached hydrogen (secondary N) is 1. The van der Waals surface area contributed by atoms with Crippen LogP contribution in [0.15, 0.2) is 24.3 Å². The molecule has 2 rings (SSSR count). The largest absolute Gasteiger partial charge is 0.314 e. The van der Waals surface area contributed by atoms with Crippen LogP contribution >= 0.6 is 11.3 Å². The predicted octanol–water partition coefficient (Wildman–Crippen LogP) is 2.62. The zero-order valence-corrected chi connectivity index (χ0v) is 11.9. The van der Waals surface area contributed by atoms with Crippen LogP contribution in [0.25, 0.3) is 10.6 Å². The number of hydrogen-bond acceptors (Lipinski definition) is 5. The maximum atomic E-state index is 8.89. The van der Waals surface area contributed by atoms with Gasteiger partial charge < -0.3 is 5.32 Å². The van der Waals surface area contributed by atoms with Gasteiger partial charge in [0.1, 0.15) is 10.0 Å². The third-order valence-corrected chi connectivity index (χ3v) is 3.63. The Kier molecular flexibility index (Phi) is 4.61. The van der Waals surface area contributed by atoms with E-state index in [1.807, 2.05) is 18.2 Å². The van der Waals surface area contributed by atoms with E-state index in [0.29, 0.717) is 11.6 Å². The van der Waals surface area contributed by atoms with Crippen molar-refractivity contribution >= 4 is 11.3 Å². The van der Waals surface area contributed by atoms with Crippen LogP contribution in [-0.2, 0) is 6.42 Å². The van der Waals surface area contributed by atoms with E-state index in [2.05, 4.69) is 35.4 Å². The lowest BCUT2D eigenvalue weighted by Gasteiger charge is -2.05. The van der Waals surface area contributed by atoms with Gasteiger partial charge in [-0.3, -0.25) is 0 Å². The van der Waals surface area contributed by atoms with Crippen LogP contribution in [0.1, 0.15) is 24.4 Å². The Hall–Kier alpha value is -1.77. The molecular weight excluding hydrogens is 256 g/mol. The van der Waals surface area contributed by atoms with Crippen molar-refractivity contribution in [2.75, 3.05) is 6.54 Å². The Morgan fingerprint density at radius 3 is 2.95 bits per heavy atom. The van der Waals surface area contributed by atoms with Crippen molar-refractivity contribution in [2.45, 2.75) is 26.3 Å². The monoisotopic (exact) mass is 272 g/mol. The lowest BCUT2D eigenvalue weighted by molar-refractivity contribution is 0.588. The predicted molar refractivity (Wildman–Crippen MR) is 76.9 cm³/mol. The normalized spacial score (nSPS) is 10.6. The summed E-state index contributed by atoms with van der Waals surface area (Å²) in [5, 5.41) is 22.5. The standard InChI is InChI=1S/C14H16N4S/c1-10(2)16-7-6-13-17-18-14(19-13)12-5-3-4-11(8-12)9-15/h3-5,8,10,16H,6-7H2,1-2H3. The summed E-state index contributed by atoms with van der Waals surface area (Å²) in [7, 11) is 0. The summed E-state index contributed by atoms with van der Waals surface area (Å²) in [5.41, 5.74) is 1.61. The zero-order chi connectivity index (χ0) is 13.7. The minimum Gasteiger partial charge on any atom is -0.314 e. The van der Waals surface area contributed by atoms with E-state index in [-0.39, 0.29) is 0 Å². The fourth-order valence-electron chi connectivity index (χ4n) is 1.66. The molecule has 0 saturated heterocycles. The van der Waals surface area contributed by atoms with Crippen LogP contribution in [0, 0.1) is 11.3 Å². The molecule has 2 aromatic rings. The molecule has 0 spiro atoms. The second-order valence-electron chi connectivity index (χ2n) is 4.55. The van der Waals surface area contributed by atoms with E-state index < -0.39 is 0 Å². The molecule has 0 radical (unpaired) electrons. The van der Waals surface area contributed by atoms with Gasteiger partial charge in [-0.05, 0) is 12.1 Å². The van der Waals surface area contributed by atoms with Gasteiger partial charge in [0, 0.05) is 24.6 Å². The Balaban J connectivity index is 2.06. The molecule has 0 aliphatic heterocycles. The minimum absolute atomic E-state index is 0.486. The molecule has 0 aliphatic carbocycles.